The zero-order valence-electron chi connectivity index (χ0n) is 13.1. The highest BCUT2D eigenvalue weighted by Crippen LogP contribution is 2.32. The van der Waals surface area contributed by atoms with Gasteiger partial charge in [0.05, 0.1) is 4.34 Å². The van der Waals surface area contributed by atoms with E-state index in [-0.39, 0.29) is 10.1 Å². The molecule has 1 fully saturated rings. The molecule has 1 atom stereocenters. The van der Waals surface area contributed by atoms with Gasteiger partial charge >= 0.3 is 0 Å². The van der Waals surface area contributed by atoms with E-state index < -0.39 is 16.1 Å². The molecule has 25 heavy (non-hydrogen) atoms. The zero-order valence-corrected chi connectivity index (χ0v) is 17.1. The molecular formula is C16H16BrClN2O3S2. The number of hydrogen-bond acceptors (Lipinski definition) is 4. The predicted octanol–water partition coefficient (Wildman–Crippen LogP) is 4.35. The van der Waals surface area contributed by atoms with E-state index in [2.05, 4.69) is 21.2 Å². The van der Waals surface area contributed by atoms with Crippen molar-refractivity contribution in [1.82, 2.24) is 4.31 Å². The fourth-order valence-electron chi connectivity index (χ4n) is 2.77. The highest BCUT2D eigenvalue weighted by atomic mass is 79.9. The molecule has 1 N–H and O–H groups in total. The number of piperidine rings is 1. The average molecular weight is 464 g/mol. The van der Waals surface area contributed by atoms with Crippen molar-refractivity contribution in [2.24, 2.45) is 0 Å². The zero-order chi connectivity index (χ0) is 18.0. The molecular weight excluding hydrogens is 448 g/mol. The summed E-state index contributed by atoms with van der Waals surface area (Å²) in [6.07, 6.45) is 2.05. The van der Waals surface area contributed by atoms with Crippen LogP contribution < -0.4 is 5.32 Å². The van der Waals surface area contributed by atoms with Crippen molar-refractivity contribution < 1.29 is 13.2 Å². The number of sulfonamides is 1. The van der Waals surface area contributed by atoms with Crippen molar-refractivity contribution in [2.75, 3.05) is 11.9 Å². The van der Waals surface area contributed by atoms with Crippen LogP contribution in [-0.4, -0.2) is 31.2 Å². The molecule has 1 aliphatic rings. The largest absolute Gasteiger partial charge is 0.325 e. The maximum atomic E-state index is 12.9. The summed E-state index contributed by atoms with van der Waals surface area (Å²) in [6, 6.07) is 9.49. The van der Waals surface area contributed by atoms with E-state index in [0.717, 1.165) is 28.7 Å². The molecule has 1 aromatic heterocycles. The number of rotatable bonds is 4. The van der Waals surface area contributed by atoms with E-state index in [1.54, 1.807) is 18.2 Å². The van der Waals surface area contributed by atoms with Gasteiger partial charge in [-0.2, -0.15) is 4.31 Å². The molecule has 0 saturated carbocycles. The second kappa shape index (κ2) is 7.75. The van der Waals surface area contributed by atoms with Crippen molar-refractivity contribution in [3.8, 4) is 0 Å². The van der Waals surface area contributed by atoms with Gasteiger partial charge in [-0.15, -0.1) is 11.3 Å². The smallest absolute Gasteiger partial charge is 0.253 e. The number of halogens is 2. The maximum Gasteiger partial charge on any atom is 0.253 e. The summed E-state index contributed by atoms with van der Waals surface area (Å²) >= 11 is 10.2. The first kappa shape index (κ1) is 18.8. The van der Waals surface area contributed by atoms with Gasteiger partial charge in [-0.1, -0.05) is 34.0 Å². The first-order valence-electron chi connectivity index (χ1n) is 7.71. The Labute approximate surface area is 164 Å². The van der Waals surface area contributed by atoms with Gasteiger partial charge in [-0.25, -0.2) is 8.42 Å². The molecule has 2 heterocycles. The van der Waals surface area contributed by atoms with Crippen LogP contribution in [0.4, 0.5) is 5.69 Å². The topological polar surface area (TPSA) is 66.5 Å². The molecule has 0 radical (unpaired) electrons. The minimum absolute atomic E-state index is 0.167. The molecule has 1 saturated heterocycles. The Bertz CT molecular complexity index is 868. The lowest BCUT2D eigenvalue weighted by molar-refractivity contribution is -0.120. The summed E-state index contributed by atoms with van der Waals surface area (Å²) in [4.78, 5) is 12.7. The third-order valence-electron chi connectivity index (χ3n) is 3.98. The number of thiophene rings is 1. The molecule has 1 aromatic carbocycles. The fourth-order valence-corrected chi connectivity index (χ4v) is 6.30. The summed E-state index contributed by atoms with van der Waals surface area (Å²) < 4.78 is 28.6. The number of carbonyl (C=O) groups is 1. The van der Waals surface area contributed by atoms with Crippen LogP contribution in [0.25, 0.3) is 0 Å². The van der Waals surface area contributed by atoms with E-state index in [0.29, 0.717) is 23.0 Å². The molecule has 1 aliphatic heterocycles. The maximum absolute atomic E-state index is 12.9. The van der Waals surface area contributed by atoms with Crippen LogP contribution in [0.3, 0.4) is 0 Å². The SMILES string of the molecule is O=C(Nc1ccc(Br)cc1)C1CCCCN1S(=O)(=O)c1ccc(Cl)s1. The van der Waals surface area contributed by atoms with Crippen molar-refractivity contribution in [1.29, 1.82) is 0 Å². The lowest BCUT2D eigenvalue weighted by Crippen LogP contribution is -2.49. The molecule has 1 amide bonds. The number of nitrogens with one attached hydrogen (secondary N) is 1. The van der Waals surface area contributed by atoms with E-state index in [1.165, 1.54) is 10.4 Å². The third kappa shape index (κ3) is 4.25. The Hall–Kier alpha value is -0.930. The van der Waals surface area contributed by atoms with Crippen LogP contribution in [0.2, 0.25) is 4.34 Å². The quantitative estimate of drug-likeness (QED) is 0.733. The summed E-state index contributed by atoms with van der Waals surface area (Å²) in [5, 5.41) is 2.81. The van der Waals surface area contributed by atoms with Gasteiger partial charge in [0, 0.05) is 16.7 Å². The molecule has 5 nitrogen and oxygen atoms in total. The van der Waals surface area contributed by atoms with Gasteiger partial charge in [-0.3, -0.25) is 4.79 Å². The van der Waals surface area contributed by atoms with Crippen LogP contribution in [0.1, 0.15) is 19.3 Å². The second-order valence-electron chi connectivity index (χ2n) is 5.68. The molecule has 1 unspecified atom stereocenters. The standard InChI is InChI=1S/C16H16BrClN2O3S2/c17-11-4-6-12(7-5-11)19-16(21)13-3-1-2-10-20(13)25(22,23)15-9-8-14(18)24-15/h4-9,13H,1-3,10H2,(H,19,21). The first-order valence-corrected chi connectivity index (χ1v) is 11.1. The van der Waals surface area contributed by atoms with Gasteiger partial charge in [0.15, 0.2) is 0 Å². The van der Waals surface area contributed by atoms with Crippen LogP contribution in [0, 0.1) is 0 Å². The van der Waals surface area contributed by atoms with E-state index >= 15 is 0 Å². The van der Waals surface area contributed by atoms with Crippen LogP contribution in [0.5, 0.6) is 0 Å². The lowest BCUT2D eigenvalue weighted by Gasteiger charge is -2.33. The molecule has 9 heteroatoms. The number of benzene rings is 1. The van der Waals surface area contributed by atoms with Gasteiger partial charge in [0.2, 0.25) is 5.91 Å². The van der Waals surface area contributed by atoms with Gasteiger partial charge in [0.1, 0.15) is 10.3 Å². The second-order valence-corrected chi connectivity index (χ2v) is 10.4. The molecule has 0 bridgehead atoms. The molecule has 0 spiro atoms. The lowest BCUT2D eigenvalue weighted by atomic mass is 10.0. The Morgan fingerprint density at radius 2 is 1.92 bits per heavy atom. The van der Waals surface area contributed by atoms with Crippen molar-refractivity contribution in [2.45, 2.75) is 29.5 Å². The number of amides is 1. The number of carbonyl (C=O) groups excluding carboxylic acids is 1. The van der Waals surface area contributed by atoms with E-state index in [4.69, 9.17) is 11.6 Å². The highest BCUT2D eigenvalue weighted by molar-refractivity contribution is 9.10. The minimum atomic E-state index is -3.74. The van der Waals surface area contributed by atoms with E-state index in [1.807, 2.05) is 12.1 Å². The average Bonchev–Trinajstić information content (AvgIpc) is 3.04. The number of hydrogen-bond donors (Lipinski definition) is 1. The Kier molecular flexibility index (Phi) is 5.85. The van der Waals surface area contributed by atoms with Crippen molar-refractivity contribution in [3.05, 3.63) is 45.2 Å². The van der Waals surface area contributed by atoms with Crippen molar-refractivity contribution >= 4 is 60.5 Å². The molecule has 3 rings (SSSR count). The molecule has 2 aromatic rings. The normalized spacial score (nSPS) is 18.9. The van der Waals surface area contributed by atoms with Gasteiger partial charge < -0.3 is 5.32 Å². The highest BCUT2D eigenvalue weighted by Gasteiger charge is 2.38. The third-order valence-corrected chi connectivity index (χ3v) is 8.12. The predicted molar refractivity (Wildman–Crippen MR) is 104 cm³/mol. The first-order chi connectivity index (χ1) is 11.9. The summed E-state index contributed by atoms with van der Waals surface area (Å²) in [5.41, 5.74) is 0.635. The van der Waals surface area contributed by atoms with Crippen LogP contribution in [-0.2, 0) is 14.8 Å². The summed E-state index contributed by atoms with van der Waals surface area (Å²) in [7, 11) is -3.74. The summed E-state index contributed by atoms with van der Waals surface area (Å²) in [5.74, 6) is -0.312. The van der Waals surface area contributed by atoms with Crippen molar-refractivity contribution in [3.63, 3.8) is 0 Å². The van der Waals surface area contributed by atoms with Crippen LogP contribution in [0.15, 0.2) is 45.1 Å². The van der Waals surface area contributed by atoms with Gasteiger partial charge in [0.25, 0.3) is 10.0 Å². The van der Waals surface area contributed by atoms with Crippen LogP contribution >= 0.6 is 38.9 Å². The minimum Gasteiger partial charge on any atom is -0.325 e. The molecule has 0 aliphatic carbocycles. The fraction of sp³-hybridized carbons (Fsp3) is 0.312. The summed E-state index contributed by atoms with van der Waals surface area (Å²) in [6.45, 7) is 0.330. The monoisotopic (exact) mass is 462 g/mol. The Morgan fingerprint density at radius 1 is 1.20 bits per heavy atom. The van der Waals surface area contributed by atoms with Gasteiger partial charge in [-0.05, 0) is 49.2 Å². The number of anilines is 1. The Morgan fingerprint density at radius 3 is 2.56 bits per heavy atom. The number of nitrogens with zero attached hydrogens (tertiary/aromatic N) is 1. The Balaban J connectivity index is 1.83. The van der Waals surface area contributed by atoms with E-state index in [9.17, 15) is 13.2 Å². The molecule has 134 valence electrons.